The van der Waals surface area contributed by atoms with Crippen molar-refractivity contribution in [2.24, 2.45) is 5.92 Å². The second-order valence-electron chi connectivity index (χ2n) is 4.22. The molecule has 0 bridgehead atoms. The maximum atomic E-state index is 13.4. The highest BCUT2D eigenvalue weighted by molar-refractivity contribution is 5.95. The van der Waals surface area contributed by atoms with Crippen LogP contribution in [0.25, 0.3) is 0 Å². The Morgan fingerprint density at radius 1 is 1.50 bits per heavy atom. The normalized spacial score (nSPS) is 10.6. The molecule has 1 aromatic carbocycles. The van der Waals surface area contributed by atoms with E-state index in [0.717, 1.165) is 12.1 Å². The van der Waals surface area contributed by atoms with Crippen molar-refractivity contribution in [3.05, 3.63) is 29.1 Å². The quantitative estimate of drug-likeness (QED) is 0.828. The average molecular weight is 225 g/mol. The Morgan fingerprint density at radius 2 is 2.12 bits per heavy atom. The van der Waals surface area contributed by atoms with E-state index in [2.05, 4.69) is 5.32 Å². The number of rotatable bonds is 3. The molecule has 1 rings (SSSR count). The van der Waals surface area contributed by atoms with Crippen LogP contribution >= 0.6 is 0 Å². The fraction of sp³-hybridized carbons (Fsp3) is 0.417. The molecule has 1 aromatic rings. The standard InChI is InChI=1S/C12H16FNO2/c1-7(2)6-14-12(16)9-5-11(15)8(3)4-10(9)13/h4-5,7,15H,6H2,1-3H3,(H,14,16). The molecular formula is C12H16FNO2. The number of hydrogen-bond acceptors (Lipinski definition) is 2. The molecule has 0 aliphatic heterocycles. The lowest BCUT2D eigenvalue weighted by Gasteiger charge is -2.09. The van der Waals surface area contributed by atoms with Gasteiger partial charge in [-0.05, 0) is 30.5 Å². The van der Waals surface area contributed by atoms with E-state index in [0.29, 0.717) is 18.0 Å². The molecule has 3 nitrogen and oxygen atoms in total. The zero-order chi connectivity index (χ0) is 12.3. The molecule has 2 N–H and O–H groups in total. The van der Waals surface area contributed by atoms with Crippen molar-refractivity contribution in [3.63, 3.8) is 0 Å². The molecule has 0 aliphatic carbocycles. The molecule has 0 aliphatic rings. The first-order valence-corrected chi connectivity index (χ1v) is 5.19. The third-order valence-corrected chi connectivity index (χ3v) is 2.20. The van der Waals surface area contributed by atoms with Crippen molar-refractivity contribution in [1.29, 1.82) is 0 Å². The summed E-state index contributed by atoms with van der Waals surface area (Å²) in [7, 11) is 0. The minimum absolute atomic E-state index is 0.0731. The summed E-state index contributed by atoms with van der Waals surface area (Å²) in [6.45, 7) is 5.95. The summed E-state index contributed by atoms with van der Waals surface area (Å²) >= 11 is 0. The third kappa shape index (κ3) is 2.95. The minimum Gasteiger partial charge on any atom is -0.508 e. The fourth-order valence-electron chi connectivity index (χ4n) is 1.23. The molecule has 0 fully saturated rings. The molecule has 0 spiro atoms. The molecule has 16 heavy (non-hydrogen) atoms. The number of halogens is 1. The molecule has 1 amide bonds. The number of benzene rings is 1. The van der Waals surface area contributed by atoms with Crippen LogP contribution in [0.5, 0.6) is 5.75 Å². The summed E-state index contributed by atoms with van der Waals surface area (Å²) in [6, 6.07) is 2.31. The largest absolute Gasteiger partial charge is 0.508 e. The highest BCUT2D eigenvalue weighted by Crippen LogP contribution is 2.20. The van der Waals surface area contributed by atoms with Gasteiger partial charge in [0.1, 0.15) is 11.6 Å². The van der Waals surface area contributed by atoms with Crippen molar-refractivity contribution < 1.29 is 14.3 Å². The predicted octanol–water partition coefficient (Wildman–Crippen LogP) is 2.23. The lowest BCUT2D eigenvalue weighted by Crippen LogP contribution is -2.28. The fourth-order valence-corrected chi connectivity index (χ4v) is 1.23. The number of nitrogens with one attached hydrogen (secondary N) is 1. The Labute approximate surface area is 94.3 Å². The van der Waals surface area contributed by atoms with Crippen LogP contribution in [-0.2, 0) is 0 Å². The molecule has 0 aromatic heterocycles. The second-order valence-corrected chi connectivity index (χ2v) is 4.22. The van der Waals surface area contributed by atoms with E-state index < -0.39 is 11.7 Å². The van der Waals surface area contributed by atoms with E-state index in [1.54, 1.807) is 6.92 Å². The minimum atomic E-state index is -0.614. The van der Waals surface area contributed by atoms with Gasteiger partial charge in [0.25, 0.3) is 5.91 Å². The summed E-state index contributed by atoms with van der Waals surface area (Å²) in [5.41, 5.74) is 0.293. The lowest BCUT2D eigenvalue weighted by atomic mass is 10.1. The summed E-state index contributed by atoms with van der Waals surface area (Å²) in [5.74, 6) is -0.889. The van der Waals surface area contributed by atoms with Crippen molar-refractivity contribution in [3.8, 4) is 5.75 Å². The van der Waals surface area contributed by atoms with Crippen molar-refractivity contribution >= 4 is 5.91 Å². The Bertz CT molecular complexity index is 402. The molecule has 0 saturated carbocycles. The summed E-state index contributed by atoms with van der Waals surface area (Å²) < 4.78 is 13.4. The van der Waals surface area contributed by atoms with E-state index in [1.807, 2.05) is 13.8 Å². The smallest absolute Gasteiger partial charge is 0.254 e. The molecule has 88 valence electrons. The van der Waals surface area contributed by atoms with Gasteiger partial charge >= 0.3 is 0 Å². The van der Waals surface area contributed by atoms with E-state index in [4.69, 9.17) is 0 Å². The average Bonchev–Trinajstić information content (AvgIpc) is 2.20. The van der Waals surface area contributed by atoms with E-state index in [1.165, 1.54) is 0 Å². The first-order valence-electron chi connectivity index (χ1n) is 5.19. The Kier molecular flexibility index (Phi) is 3.88. The van der Waals surface area contributed by atoms with Crippen LogP contribution in [0.4, 0.5) is 4.39 Å². The maximum absolute atomic E-state index is 13.4. The first-order chi connectivity index (χ1) is 7.41. The SMILES string of the molecule is Cc1cc(F)c(C(=O)NCC(C)C)cc1O. The number of aromatic hydroxyl groups is 1. The van der Waals surface area contributed by atoms with Gasteiger partial charge in [-0.3, -0.25) is 4.79 Å². The van der Waals surface area contributed by atoms with Gasteiger partial charge in [0, 0.05) is 6.54 Å². The first kappa shape index (κ1) is 12.5. The van der Waals surface area contributed by atoms with Crippen molar-refractivity contribution in [2.45, 2.75) is 20.8 Å². The number of phenolic OH excluding ortho intramolecular Hbond substituents is 1. The highest BCUT2D eigenvalue weighted by Gasteiger charge is 2.14. The van der Waals surface area contributed by atoms with Crippen LogP contribution in [0.3, 0.4) is 0 Å². The van der Waals surface area contributed by atoms with Gasteiger partial charge in [-0.25, -0.2) is 4.39 Å². The molecule has 0 saturated heterocycles. The number of aryl methyl sites for hydroxylation is 1. The van der Waals surface area contributed by atoms with Crippen molar-refractivity contribution in [2.75, 3.05) is 6.54 Å². The van der Waals surface area contributed by atoms with Crippen LogP contribution in [0.1, 0.15) is 29.8 Å². The monoisotopic (exact) mass is 225 g/mol. The summed E-state index contributed by atoms with van der Waals surface area (Å²) in [4.78, 5) is 11.6. The van der Waals surface area contributed by atoms with Crippen molar-refractivity contribution in [1.82, 2.24) is 5.32 Å². The Morgan fingerprint density at radius 3 is 2.69 bits per heavy atom. The number of carbonyl (C=O) groups is 1. The van der Waals surface area contributed by atoms with Crippen LogP contribution in [0.2, 0.25) is 0 Å². The van der Waals surface area contributed by atoms with E-state index in [-0.39, 0.29) is 11.3 Å². The second kappa shape index (κ2) is 4.96. The number of carbonyl (C=O) groups excluding carboxylic acids is 1. The van der Waals surface area contributed by atoms with Gasteiger partial charge in [0.15, 0.2) is 0 Å². The predicted molar refractivity (Wildman–Crippen MR) is 60.0 cm³/mol. The molecule has 0 radical (unpaired) electrons. The van der Waals surface area contributed by atoms with Gasteiger partial charge in [0.2, 0.25) is 0 Å². The Hall–Kier alpha value is -1.58. The third-order valence-electron chi connectivity index (χ3n) is 2.20. The van der Waals surface area contributed by atoms with Crippen LogP contribution in [0.15, 0.2) is 12.1 Å². The zero-order valence-corrected chi connectivity index (χ0v) is 9.67. The van der Waals surface area contributed by atoms with Crippen LogP contribution in [0, 0.1) is 18.7 Å². The maximum Gasteiger partial charge on any atom is 0.254 e. The van der Waals surface area contributed by atoms with E-state index >= 15 is 0 Å². The van der Waals surface area contributed by atoms with Gasteiger partial charge in [-0.15, -0.1) is 0 Å². The molecule has 0 atom stereocenters. The van der Waals surface area contributed by atoms with Crippen LogP contribution < -0.4 is 5.32 Å². The highest BCUT2D eigenvalue weighted by atomic mass is 19.1. The summed E-state index contributed by atoms with van der Waals surface area (Å²) in [6.07, 6.45) is 0. The van der Waals surface area contributed by atoms with E-state index in [9.17, 15) is 14.3 Å². The number of hydrogen-bond donors (Lipinski definition) is 2. The number of amides is 1. The lowest BCUT2D eigenvalue weighted by molar-refractivity contribution is 0.0944. The van der Waals surface area contributed by atoms with Gasteiger partial charge in [-0.2, -0.15) is 0 Å². The summed E-state index contributed by atoms with van der Waals surface area (Å²) in [5, 5.41) is 12.0. The molecule has 0 unspecified atom stereocenters. The zero-order valence-electron chi connectivity index (χ0n) is 9.67. The molecular weight excluding hydrogens is 209 g/mol. The van der Waals surface area contributed by atoms with Crippen LogP contribution in [-0.4, -0.2) is 17.6 Å². The number of phenols is 1. The topological polar surface area (TPSA) is 49.3 Å². The van der Waals surface area contributed by atoms with Gasteiger partial charge in [-0.1, -0.05) is 13.8 Å². The van der Waals surface area contributed by atoms with Gasteiger partial charge in [0.05, 0.1) is 5.56 Å². The Balaban J connectivity index is 2.87. The van der Waals surface area contributed by atoms with Gasteiger partial charge < -0.3 is 10.4 Å². The molecule has 0 heterocycles. The molecule has 4 heteroatoms.